The van der Waals surface area contributed by atoms with Gasteiger partial charge in [-0.25, -0.2) is 0 Å². The Balaban J connectivity index is 1.30. The molecule has 5 nitrogen and oxygen atoms in total. The summed E-state index contributed by atoms with van der Waals surface area (Å²) < 4.78 is 29.4. The predicted octanol–water partition coefficient (Wildman–Crippen LogP) is 14.3. The molecule has 4 aliphatic rings. The third-order valence-electron chi connectivity index (χ3n) is 16.7. The van der Waals surface area contributed by atoms with E-state index in [1.165, 1.54) is 138 Å². The molecule has 7 heteroatoms. The molecule has 0 saturated carbocycles. The van der Waals surface area contributed by atoms with Crippen LogP contribution in [0.3, 0.4) is 0 Å². The molecule has 0 spiro atoms. The summed E-state index contributed by atoms with van der Waals surface area (Å²) in [6, 6.07) is 23.5. The lowest BCUT2D eigenvalue weighted by molar-refractivity contribution is 0.00578. The van der Waals surface area contributed by atoms with E-state index in [9.17, 15) is 0 Å². The molecule has 0 bridgehead atoms. The van der Waals surface area contributed by atoms with Gasteiger partial charge >= 0.3 is 14.2 Å². The molecule has 2 aliphatic carbocycles. The summed E-state index contributed by atoms with van der Waals surface area (Å²) in [4.78, 5) is 0. The van der Waals surface area contributed by atoms with Gasteiger partial charge in [-0.15, -0.1) is 0 Å². The maximum Gasteiger partial charge on any atom is 0.494 e. The minimum Gasteiger partial charge on any atom is -0.399 e. The molecular weight excluding hydrogens is 796 g/mol. The molecule has 348 valence electrons. The highest BCUT2D eigenvalue weighted by atomic mass is 16.7. The van der Waals surface area contributed by atoms with Crippen molar-refractivity contribution in [2.24, 2.45) is 0 Å². The number of fused-ring (bicyclic) bond motifs is 5. The van der Waals surface area contributed by atoms with Crippen LogP contribution in [0.15, 0.2) is 72.8 Å². The first-order valence-electron chi connectivity index (χ1n) is 25.7. The fraction of sp³-hybridized carbons (Fsp3) is 0.586. The van der Waals surface area contributed by atoms with Crippen LogP contribution < -0.4 is 10.9 Å². The van der Waals surface area contributed by atoms with Crippen LogP contribution in [0.2, 0.25) is 0 Å². The van der Waals surface area contributed by atoms with Gasteiger partial charge in [0.15, 0.2) is 0 Å². The Kier molecular flexibility index (Phi) is 13.3. The van der Waals surface area contributed by atoms with E-state index in [0.29, 0.717) is 0 Å². The van der Waals surface area contributed by atoms with Crippen molar-refractivity contribution in [2.45, 2.75) is 220 Å². The van der Waals surface area contributed by atoms with Crippen LogP contribution in [0.5, 0.6) is 0 Å². The number of benzene rings is 3. The van der Waals surface area contributed by atoms with Crippen LogP contribution in [-0.2, 0) is 35.9 Å². The summed E-state index contributed by atoms with van der Waals surface area (Å²) >= 11 is 0. The molecule has 0 unspecified atom stereocenters. The second-order valence-electron chi connectivity index (χ2n) is 23.3. The van der Waals surface area contributed by atoms with Gasteiger partial charge in [0.2, 0.25) is 0 Å². The van der Waals surface area contributed by atoms with E-state index in [4.69, 9.17) is 25.2 Å². The molecular formula is C58H81B2NO4. The molecule has 0 N–H and O–H groups in total. The van der Waals surface area contributed by atoms with E-state index in [1.807, 2.05) is 0 Å². The van der Waals surface area contributed by atoms with Crippen molar-refractivity contribution in [1.82, 2.24) is 4.57 Å². The number of unbranched alkanes of at least 4 members (excludes halogenated alkanes) is 10. The summed E-state index contributed by atoms with van der Waals surface area (Å²) in [6.45, 7) is 34.0. The number of aromatic nitrogens is 1. The molecule has 0 radical (unpaired) electrons. The Morgan fingerprint density at radius 3 is 1.58 bits per heavy atom. The van der Waals surface area contributed by atoms with Crippen LogP contribution in [0.1, 0.15) is 208 Å². The standard InChI is InChI=1S/C58H81B2NO4/c1-15-17-19-21-23-25-35-58(36-26-24-22-20-18-16-2)49-38-43(60-64-56(11,12)57(13,14)65-60)29-33-45(49)47-39-48-46-37-42(59-62-54(7,8)55(9,10)63-59)30-34-50(46)61(52(48)40(3)51(47)58)44-31-27-41(28-32-44)53(4,5)6/h27-34,37-38H,3,15-26,35-36,39H2,1-2,4-14H3. The first-order chi connectivity index (χ1) is 30.7. The van der Waals surface area contributed by atoms with Gasteiger partial charge in [0.05, 0.1) is 33.6 Å². The van der Waals surface area contributed by atoms with Crippen molar-refractivity contribution in [3.8, 4) is 5.69 Å². The van der Waals surface area contributed by atoms with E-state index < -0.39 is 36.6 Å². The molecule has 2 fully saturated rings. The van der Waals surface area contributed by atoms with Crippen molar-refractivity contribution in [2.75, 3.05) is 0 Å². The molecule has 2 saturated heterocycles. The largest absolute Gasteiger partial charge is 0.494 e. The third-order valence-corrected chi connectivity index (χ3v) is 16.7. The van der Waals surface area contributed by atoms with Gasteiger partial charge in [0.1, 0.15) is 0 Å². The number of hydrogen-bond acceptors (Lipinski definition) is 4. The van der Waals surface area contributed by atoms with Gasteiger partial charge in [-0.2, -0.15) is 0 Å². The molecule has 4 aromatic rings. The van der Waals surface area contributed by atoms with Crippen molar-refractivity contribution in [1.29, 1.82) is 0 Å². The first-order valence-corrected chi connectivity index (χ1v) is 25.7. The van der Waals surface area contributed by atoms with Gasteiger partial charge in [0.25, 0.3) is 0 Å². The predicted molar refractivity (Wildman–Crippen MR) is 277 cm³/mol. The lowest BCUT2D eigenvalue weighted by Crippen LogP contribution is -2.41. The summed E-state index contributed by atoms with van der Waals surface area (Å²) in [5, 5.41) is 1.25. The maximum absolute atomic E-state index is 6.77. The highest BCUT2D eigenvalue weighted by molar-refractivity contribution is 6.62. The van der Waals surface area contributed by atoms with Gasteiger partial charge < -0.3 is 23.2 Å². The van der Waals surface area contributed by atoms with Gasteiger partial charge in [-0.1, -0.05) is 161 Å². The minimum atomic E-state index is -0.445. The normalized spacial score (nSPS) is 20.2. The zero-order valence-corrected chi connectivity index (χ0v) is 42.8. The first kappa shape index (κ1) is 48.1. The van der Waals surface area contributed by atoms with E-state index in [2.05, 4.69) is 155 Å². The average Bonchev–Trinajstić information content (AvgIpc) is 3.87. The molecule has 8 rings (SSSR count). The van der Waals surface area contributed by atoms with E-state index in [-0.39, 0.29) is 10.8 Å². The van der Waals surface area contributed by atoms with Crippen LogP contribution in [0.25, 0.3) is 27.7 Å². The summed E-state index contributed by atoms with van der Waals surface area (Å²) in [5.74, 6) is 0. The van der Waals surface area contributed by atoms with Crippen molar-refractivity contribution >= 4 is 47.2 Å². The Labute approximate surface area is 394 Å². The van der Waals surface area contributed by atoms with Gasteiger partial charge in [-0.3, -0.25) is 0 Å². The average molecular weight is 878 g/mol. The van der Waals surface area contributed by atoms with Crippen molar-refractivity contribution < 1.29 is 18.6 Å². The Bertz CT molecular complexity index is 2380. The number of allylic oxidation sites excluding steroid dienone is 3. The third kappa shape index (κ3) is 8.72. The topological polar surface area (TPSA) is 41.9 Å². The quantitative estimate of drug-likeness (QED) is 0.0783. The number of rotatable bonds is 17. The second-order valence-corrected chi connectivity index (χ2v) is 23.3. The highest BCUT2D eigenvalue weighted by Gasteiger charge is 2.54. The Hall–Kier alpha value is -3.35. The van der Waals surface area contributed by atoms with E-state index >= 15 is 0 Å². The molecule has 3 aromatic carbocycles. The maximum atomic E-state index is 6.77. The molecule has 2 aliphatic heterocycles. The number of nitrogens with zero attached hydrogens (tertiary/aromatic N) is 1. The van der Waals surface area contributed by atoms with Gasteiger partial charge in [0, 0.05) is 22.9 Å². The van der Waals surface area contributed by atoms with Crippen LogP contribution in [0, 0.1) is 0 Å². The zero-order valence-electron chi connectivity index (χ0n) is 42.8. The summed E-state index contributed by atoms with van der Waals surface area (Å²) in [6.07, 6.45) is 18.4. The lowest BCUT2D eigenvalue weighted by Gasteiger charge is -2.37. The molecule has 3 heterocycles. The lowest BCUT2D eigenvalue weighted by atomic mass is 9.65. The SMILES string of the molecule is C=C1C2=C(Cc3c1n(-c1ccc(C(C)(C)C)cc1)c1ccc(B4OC(C)(C)C(C)(C)O4)cc31)c1ccc(B3OC(C)(C)C(C)(C)O3)cc1C2(CCCCCCCC)CCCCCCCC. The second kappa shape index (κ2) is 17.9. The summed E-state index contributed by atoms with van der Waals surface area (Å²) in [5.41, 5.74) is 13.7. The molecule has 65 heavy (non-hydrogen) atoms. The zero-order chi connectivity index (χ0) is 46.7. The van der Waals surface area contributed by atoms with Gasteiger partial charge in [-0.05, 0) is 142 Å². The highest BCUT2D eigenvalue weighted by Crippen LogP contribution is 2.60. The minimum absolute atomic E-state index is 0.0546. The summed E-state index contributed by atoms with van der Waals surface area (Å²) in [7, 11) is -0.860. The van der Waals surface area contributed by atoms with E-state index in [1.54, 1.807) is 0 Å². The fourth-order valence-electron chi connectivity index (χ4n) is 11.3. The fourth-order valence-corrected chi connectivity index (χ4v) is 11.3. The van der Waals surface area contributed by atoms with Crippen LogP contribution in [0.4, 0.5) is 0 Å². The van der Waals surface area contributed by atoms with E-state index in [0.717, 1.165) is 30.2 Å². The van der Waals surface area contributed by atoms with Crippen LogP contribution >= 0.6 is 0 Å². The Morgan fingerprint density at radius 2 is 1.08 bits per heavy atom. The smallest absolute Gasteiger partial charge is 0.399 e. The number of hydrogen-bond donors (Lipinski definition) is 0. The Morgan fingerprint density at radius 1 is 0.600 bits per heavy atom. The van der Waals surface area contributed by atoms with Crippen LogP contribution in [-0.4, -0.2) is 41.2 Å². The molecule has 1 aromatic heterocycles. The van der Waals surface area contributed by atoms with Crippen molar-refractivity contribution in [3.63, 3.8) is 0 Å². The van der Waals surface area contributed by atoms with Crippen molar-refractivity contribution in [3.05, 3.63) is 101 Å². The molecule has 0 atom stereocenters. The molecule has 0 amide bonds. The monoisotopic (exact) mass is 878 g/mol.